The second-order valence-corrected chi connectivity index (χ2v) is 5.55. The standard InChI is InChI=1S/C16H22/c1-12-8-9-16(4)11-14(3)13(2)6-5-7-15(16)10-12/h5-6,8,10-11,13H,7,9H2,1-4H3. The molecule has 0 aromatic rings. The molecule has 16 heavy (non-hydrogen) atoms. The lowest BCUT2D eigenvalue weighted by molar-refractivity contribution is 0.492. The summed E-state index contributed by atoms with van der Waals surface area (Å²) in [6.07, 6.45) is 14.1. The monoisotopic (exact) mass is 214 g/mol. The number of hydrogen-bond donors (Lipinski definition) is 0. The molecule has 2 rings (SSSR count). The van der Waals surface area contributed by atoms with Crippen molar-refractivity contribution in [2.75, 3.05) is 0 Å². The van der Waals surface area contributed by atoms with Crippen LogP contribution in [0.3, 0.4) is 0 Å². The molecule has 0 aromatic heterocycles. The van der Waals surface area contributed by atoms with Crippen LogP contribution in [0.1, 0.15) is 40.5 Å². The fourth-order valence-electron chi connectivity index (χ4n) is 2.63. The minimum Gasteiger partial charge on any atom is -0.0838 e. The molecule has 2 unspecified atom stereocenters. The Labute approximate surface area is 99.4 Å². The summed E-state index contributed by atoms with van der Waals surface area (Å²) >= 11 is 0. The molecule has 0 heterocycles. The van der Waals surface area contributed by atoms with Crippen molar-refractivity contribution in [2.45, 2.75) is 40.5 Å². The fourth-order valence-corrected chi connectivity index (χ4v) is 2.63. The topological polar surface area (TPSA) is 0 Å². The van der Waals surface area contributed by atoms with E-state index in [1.165, 1.54) is 11.1 Å². The van der Waals surface area contributed by atoms with Crippen LogP contribution in [0.4, 0.5) is 0 Å². The summed E-state index contributed by atoms with van der Waals surface area (Å²) in [6, 6.07) is 0. The number of rotatable bonds is 0. The zero-order chi connectivity index (χ0) is 11.8. The molecule has 0 saturated heterocycles. The highest BCUT2D eigenvalue weighted by Gasteiger charge is 2.28. The third-order valence-electron chi connectivity index (χ3n) is 4.01. The molecule has 0 aromatic carbocycles. The highest BCUT2D eigenvalue weighted by atomic mass is 14.3. The van der Waals surface area contributed by atoms with E-state index in [9.17, 15) is 0 Å². The molecule has 0 amide bonds. The molecule has 86 valence electrons. The van der Waals surface area contributed by atoms with Gasteiger partial charge in [-0.05, 0) is 32.6 Å². The van der Waals surface area contributed by atoms with Gasteiger partial charge in [0.2, 0.25) is 0 Å². The summed E-state index contributed by atoms with van der Waals surface area (Å²) in [5.41, 5.74) is 4.73. The maximum atomic E-state index is 2.48. The van der Waals surface area contributed by atoms with Gasteiger partial charge >= 0.3 is 0 Å². The van der Waals surface area contributed by atoms with E-state index in [2.05, 4.69) is 58.1 Å². The van der Waals surface area contributed by atoms with Gasteiger partial charge in [0, 0.05) is 5.41 Å². The van der Waals surface area contributed by atoms with Crippen LogP contribution in [0.15, 0.2) is 47.1 Å². The van der Waals surface area contributed by atoms with E-state index in [0.29, 0.717) is 5.92 Å². The summed E-state index contributed by atoms with van der Waals surface area (Å²) in [5, 5.41) is 0. The molecule has 2 aliphatic carbocycles. The first-order chi connectivity index (χ1) is 7.51. The zero-order valence-electron chi connectivity index (χ0n) is 10.9. The molecular weight excluding hydrogens is 192 g/mol. The quantitative estimate of drug-likeness (QED) is 0.507. The van der Waals surface area contributed by atoms with Gasteiger partial charge in [-0.25, -0.2) is 0 Å². The van der Waals surface area contributed by atoms with Crippen LogP contribution >= 0.6 is 0 Å². The Bertz CT molecular complexity index is 404. The highest BCUT2D eigenvalue weighted by molar-refractivity contribution is 5.38. The molecule has 0 fully saturated rings. The van der Waals surface area contributed by atoms with E-state index in [4.69, 9.17) is 0 Å². The van der Waals surface area contributed by atoms with Crippen LogP contribution in [0, 0.1) is 11.3 Å². The maximum Gasteiger partial charge on any atom is 0.0106 e. The average Bonchev–Trinajstić information content (AvgIpc) is 2.22. The van der Waals surface area contributed by atoms with Crippen LogP contribution in [-0.2, 0) is 0 Å². The van der Waals surface area contributed by atoms with Crippen LogP contribution in [-0.4, -0.2) is 0 Å². The minimum atomic E-state index is 0.253. The summed E-state index contributed by atoms with van der Waals surface area (Å²) in [7, 11) is 0. The number of hydrogen-bond acceptors (Lipinski definition) is 0. The SMILES string of the molecule is CC1=CCC2(C)C=C(C)C(C)C=CCC2=C1. The summed E-state index contributed by atoms with van der Waals surface area (Å²) in [4.78, 5) is 0. The first kappa shape index (κ1) is 11.4. The van der Waals surface area contributed by atoms with Crippen molar-refractivity contribution < 1.29 is 0 Å². The van der Waals surface area contributed by atoms with Gasteiger partial charge in [0.25, 0.3) is 0 Å². The van der Waals surface area contributed by atoms with Crippen molar-refractivity contribution in [3.63, 3.8) is 0 Å². The number of allylic oxidation sites excluding steroid dienone is 8. The average molecular weight is 214 g/mol. The smallest absolute Gasteiger partial charge is 0.0106 e. The van der Waals surface area contributed by atoms with Crippen LogP contribution in [0.25, 0.3) is 0 Å². The molecule has 0 radical (unpaired) electrons. The van der Waals surface area contributed by atoms with E-state index >= 15 is 0 Å². The van der Waals surface area contributed by atoms with Crippen molar-refractivity contribution >= 4 is 0 Å². The third kappa shape index (κ3) is 2.07. The van der Waals surface area contributed by atoms with Gasteiger partial charge in [0.1, 0.15) is 0 Å². The second-order valence-electron chi connectivity index (χ2n) is 5.55. The molecule has 2 atom stereocenters. The van der Waals surface area contributed by atoms with E-state index in [0.717, 1.165) is 12.8 Å². The summed E-state index contributed by atoms with van der Waals surface area (Å²) in [5.74, 6) is 0.588. The Morgan fingerprint density at radius 1 is 1.31 bits per heavy atom. The van der Waals surface area contributed by atoms with Crippen LogP contribution in [0.2, 0.25) is 0 Å². The van der Waals surface area contributed by atoms with Gasteiger partial charge in [-0.3, -0.25) is 0 Å². The normalized spacial score (nSPS) is 34.2. The largest absolute Gasteiger partial charge is 0.0838 e. The maximum absolute atomic E-state index is 2.48. The van der Waals surface area contributed by atoms with Gasteiger partial charge in [-0.15, -0.1) is 0 Å². The molecule has 2 aliphatic rings. The molecule has 0 saturated carbocycles. The lowest BCUT2D eigenvalue weighted by Crippen LogP contribution is -2.20. The molecular formula is C16H22. The van der Waals surface area contributed by atoms with Crippen LogP contribution in [0.5, 0.6) is 0 Å². The van der Waals surface area contributed by atoms with Gasteiger partial charge in [0.15, 0.2) is 0 Å². The van der Waals surface area contributed by atoms with Crippen molar-refractivity contribution in [1.82, 2.24) is 0 Å². The first-order valence-corrected chi connectivity index (χ1v) is 6.25. The predicted molar refractivity (Wildman–Crippen MR) is 71.2 cm³/mol. The third-order valence-corrected chi connectivity index (χ3v) is 4.01. The highest BCUT2D eigenvalue weighted by Crippen LogP contribution is 2.42. The van der Waals surface area contributed by atoms with E-state index in [1.54, 1.807) is 5.57 Å². The molecule has 0 bridgehead atoms. The molecule has 0 nitrogen and oxygen atoms in total. The Morgan fingerprint density at radius 2 is 2.06 bits per heavy atom. The summed E-state index contributed by atoms with van der Waals surface area (Å²) < 4.78 is 0. The van der Waals surface area contributed by atoms with Crippen molar-refractivity contribution in [3.05, 3.63) is 47.1 Å². The molecule has 0 heteroatoms. The summed E-state index contributed by atoms with van der Waals surface area (Å²) in [6.45, 7) is 9.12. The zero-order valence-corrected chi connectivity index (χ0v) is 10.9. The van der Waals surface area contributed by atoms with Crippen molar-refractivity contribution in [3.8, 4) is 0 Å². The molecule has 0 aliphatic heterocycles. The Kier molecular flexibility index (Phi) is 2.92. The molecule has 0 N–H and O–H groups in total. The van der Waals surface area contributed by atoms with E-state index < -0.39 is 0 Å². The van der Waals surface area contributed by atoms with Crippen molar-refractivity contribution in [1.29, 1.82) is 0 Å². The number of fused-ring (bicyclic) bond motifs is 1. The Balaban J connectivity index is 2.43. The van der Waals surface area contributed by atoms with E-state index in [1.807, 2.05) is 0 Å². The fraction of sp³-hybridized carbons (Fsp3) is 0.500. The van der Waals surface area contributed by atoms with E-state index in [-0.39, 0.29) is 5.41 Å². The van der Waals surface area contributed by atoms with Gasteiger partial charge < -0.3 is 0 Å². The lowest BCUT2D eigenvalue weighted by Gasteiger charge is -2.34. The van der Waals surface area contributed by atoms with Crippen molar-refractivity contribution in [2.24, 2.45) is 11.3 Å². The van der Waals surface area contributed by atoms with Crippen LogP contribution < -0.4 is 0 Å². The molecule has 0 spiro atoms. The predicted octanol–water partition coefficient (Wildman–Crippen LogP) is 4.81. The minimum absolute atomic E-state index is 0.253. The van der Waals surface area contributed by atoms with Gasteiger partial charge in [-0.1, -0.05) is 60.9 Å². The first-order valence-electron chi connectivity index (χ1n) is 6.25. The van der Waals surface area contributed by atoms with Gasteiger partial charge in [0.05, 0.1) is 0 Å². The Hall–Kier alpha value is -1.04. The van der Waals surface area contributed by atoms with Gasteiger partial charge in [-0.2, -0.15) is 0 Å². The second kappa shape index (κ2) is 4.08. The Morgan fingerprint density at radius 3 is 2.81 bits per heavy atom. The lowest BCUT2D eigenvalue weighted by atomic mass is 9.71.